The third-order valence-electron chi connectivity index (χ3n) is 1.51. The molecule has 0 saturated carbocycles. The summed E-state index contributed by atoms with van der Waals surface area (Å²) < 4.78 is 6.41. The Hall–Kier alpha value is -0.0500. The number of carbonyl (C=O) groups excluding carboxylic acids is 1. The molecule has 0 aliphatic carbocycles. The van der Waals surface area contributed by atoms with Crippen molar-refractivity contribution < 1.29 is 14.6 Å². The Morgan fingerprint density at radius 3 is 2.64 bits per heavy atom. The van der Waals surface area contributed by atoms with Crippen LogP contribution < -0.4 is 0 Å². The van der Waals surface area contributed by atoms with Crippen LogP contribution in [0.2, 0.25) is 0 Å². The number of hydrogen-bond acceptors (Lipinski definition) is 3. The fourth-order valence-corrected chi connectivity index (χ4v) is 3.00. The molecule has 0 spiro atoms. The lowest BCUT2D eigenvalue weighted by Gasteiger charge is -2.06. The lowest BCUT2D eigenvalue weighted by atomic mass is 10.2. The highest BCUT2D eigenvalue weighted by Crippen LogP contribution is 2.26. The van der Waals surface area contributed by atoms with Crippen molar-refractivity contribution in [3.63, 3.8) is 0 Å². The van der Waals surface area contributed by atoms with E-state index in [1.165, 1.54) is 6.07 Å². The first-order chi connectivity index (χ1) is 6.56. The normalized spacial score (nSPS) is 9.93. The lowest BCUT2D eigenvalue weighted by Crippen LogP contribution is -2.07. The molecule has 0 aliphatic heterocycles. The summed E-state index contributed by atoms with van der Waals surface area (Å²) >= 11 is 4.08. The van der Waals surface area contributed by atoms with Crippen molar-refractivity contribution >= 4 is 51.2 Å². The molecule has 0 amide bonds. The largest absolute Gasteiger partial charge is 0.507 e. The van der Waals surface area contributed by atoms with Crippen LogP contribution in [0, 0.1) is 7.14 Å². The molecule has 14 heavy (non-hydrogen) atoms. The third kappa shape index (κ3) is 2.72. The topological polar surface area (TPSA) is 46.5 Å². The fourth-order valence-electron chi connectivity index (χ4n) is 0.965. The molecule has 0 aromatic heterocycles. The molecule has 1 rings (SSSR count). The second kappa shape index (κ2) is 5.15. The summed E-state index contributed by atoms with van der Waals surface area (Å²) in [6.07, 6.45) is 0. The number of halogens is 2. The molecule has 0 atom stereocenters. The number of benzene rings is 1. The molecule has 0 fully saturated rings. The SMILES string of the molecule is CCOC(=O)c1c(O)cc(I)cc1I. The van der Waals surface area contributed by atoms with Crippen molar-refractivity contribution in [2.75, 3.05) is 6.61 Å². The molecule has 1 N–H and O–H groups in total. The molecule has 1 aromatic rings. The maximum absolute atomic E-state index is 11.4. The van der Waals surface area contributed by atoms with Crippen molar-refractivity contribution in [1.29, 1.82) is 0 Å². The van der Waals surface area contributed by atoms with Crippen LogP contribution in [0.1, 0.15) is 17.3 Å². The van der Waals surface area contributed by atoms with Gasteiger partial charge >= 0.3 is 5.97 Å². The van der Waals surface area contributed by atoms with Gasteiger partial charge < -0.3 is 9.84 Å². The van der Waals surface area contributed by atoms with Gasteiger partial charge in [-0.2, -0.15) is 0 Å². The molecule has 3 nitrogen and oxygen atoms in total. The molecular weight excluding hydrogens is 410 g/mol. The molecule has 5 heteroatoms. The third-order valence-corrected chi connectivity index (χ3v) is 2.99. The standard InChI is InChI=1S/C9H8I2O3/c1-2-14-9(13)8-6(11)3-5(10)4-7(8)12/h3-4,12H,2H2,1H3. The molecular formula is C9H8I2O3. The smallest absolute Gasteiger partial charge is 0.342 e. The van der Waals surface area contributed by atoms with Gasteiger partial charge in [0.1, 0.15) is 11.3 Å². The fraction of sp³-hybridized carbons (Fsp3) is 0.222. The monoisotopic (exact) mass is 418 g/mol. The minimum Gasteiger partial charge on any atom is -0.507 e. The minimum absolute atomic E-state index is 0.0280. The Morgan fingerprint density at radius 2 is 2.14 bits per heavy atom. The van der Waals surface area contributed by atoms with Gasteiger partial charge in [0.15, 0.2) is 0 Å². The van der Waals surface area contributed by atoms with Gasteiger partial charge in [-0.15, -0.1) is 0 Å². The van der Waals surface area contributed by atoms with E-state index in [9.17, 15) is 9.90 Å². The van der Waals surface area contributed by atoms with Crippen molar-refractivity contribution in [2.45, 2.75) is 6.92 Å². The predicted octanol–water partition coefficient (Wildman–Crippen LogP) is 2.78. The molecule has 0 heterocycles. The van der Waals surface area contributed by atoms with Gasteiger partial charge in [-0.1, -0.05) is 0 Å². The average Bonchev–Trinajstić information content (AvgIpc) is 2.01. The Kier molecular flexibility index (Phi) is 4.42. The summed E-state index contributed by atoms with van der Waals surface area (Å²) in [7, 11) is 0. The summed E-state index contributed by atoms with van der Waals surface area (Å²) in [6.45, 7) is 2.04. The van der Waals surface area contributed by atoms with E-state index in [4.69, 9.17) is 4.74 Å². The van der Waals surface area contributed by atoms with Crippen molar-refractivity contribution in [2.24, 2.45) is 0 Å². The Morgan fingerprint density at radius 1 is 1.50 bits per heavy atom. The van der Waals surface area contributed by atoms with Crippen LogP contribution in [-0.4, -0.2) is 17.7 Å². The Balaban J connectivity index is 3.14. The van der Waals surface area contributed by atoms with E-state index in [0.717, 1.165) is 3.57 Å². The quantitative estimate of drug-likeness (QED) is 0.594. The van der Waals surface area contributed by atoms with Gasteiger partial charge in [0.25, 0.3) is 0 Å². The van der Waals surface area contributed by atoms with Gasteiger partial charge in [-0.3, -0.25) is 0 Å². The van der Waals surface area contributed by atoms with E-state index in [1.807, 2.05) is 28.7 Å². The Bertz CT molecular complexity index is 340. The van der Waals surface area contributed by atoms with Gasteiger partial charge in [-0.05, 0) is 64.2 Å². The average molecular weight is 418 g/mol. The zero-order valence-electron chi connectivity index (χ0n) is 7.38. The zero-order chi connectivity index (χ0) is 10.7. The van der Waals surface area contributed by atoms with Crippen LogP contribution in [0.3, 0.4) is 0 Å². The summed E-state index contributed by atoms with van der Waals surface area (Å²) in [6, 6.07) is 3.35. The molecule has 0 aliphatic rings. The van der Waals surface area contributed by atoms with Crippen molar-refractivity contribution in [3.8, 4) is 5.75 Å². The van der Waals surface area contributed by atoms with Crippen LogP contribution in [0.5, 0.6) is 5.75 Å². The van der Waals surface area contributed by atoms with Crippen LogP contribution in [0.15, 0.2) is 12.1 Å². The number of hydrogen-bond donors (Lipinski definition) is 1. The van der Waals surface area contributed by atoms with Crippen molar-refractivity contribution in [1.82, 2.24) is 0 Å². The number of phenolic OH excluding ortho intramolecular Hbond substituents is 1. The number of esters is 1. The van der Waals surface area contributed by atoms with E-state index in [-0.39, 0.29) is 11.3 Å². The summed E-state index contributed by atoms with van der Waals surface area (Å²) in [5, 5.41) is 9.56. The van der Waals surface area contributed by atoms with E-state index < -0.39 is 5.97 Å². The second-order valence-electron chi connectivity index (χ2n) is 2.50. The minimum atomic E-state index is -0.481. The summed E-state index contributed by atoms with van der Waals surface area (Å²) in [5.74, 6) is -0.509. The molecule has 0 bridgehead atoms. The predicted molar refractivity (Wildman–Crippen MR) is 69.5 cm³/mol. The van der Waals surface area contributed by atoms with Crippen LogP contribution >= 0.6 is 45.2 Å². The summed E-state index contributed by atoms with van der Waals surface area (Å²) in [4.78, 5) is 11.4. The molecule has 1 aromatic carbocycles. The number of phenols is 1. The van der Waals surface area contributed by atoms with E-state index in [0.29, 0.717) is 10.2 Å². The second-order valence-corrected chi connectivity index (χ2v) is 4.91. The number of rotatable bonds is 2. The first-order valence-corrected chi connectivity index (χ1v) is 6.07. The summed E-state index contributed by atoms with van der Waals surface area (Å²) in [5.41, 5.74) is 0.243. The van der Waals surface area contributed by atoms with Gasteiger partial charge in [0.05, 0.1) is 6.61 Å². The van der Waals surface area contributed by atoms with E-state index in [1.54, 1.807) is 6.92 Å². The van der Waals surface area contributed by atoms with Gasteiger partial charge in [0, 0.05) is 7.14 Å². The molecule has 0 unspecified atom stereocenters. The molecule has 0 saturated heterocycles. The lowest BCUT2D eigenvalue weighted by molar-refractivity contribution is 0.0522. The molecule has 76 valence electrons. The van der Waals surface area contributed by atoms with Crippen molar-refractivity contribution in [3.05, 3.63) is 24.8 Å². The maximum Gasteiger partial charge on any atom is 0.342 e. The highest BCUT2D eigenvalue weighted by molar-refractivity contribution is 14.1. The Labute approximate surface area is 109 Å². The first kappa shape index (κ1) is 12.0. The zero-order valence-corrected chi connectivity index (χ0v) is 11.7. The highest BCUT2D eigenvalue weighted by atomic mass is 127. The van der Waals surface area contributed by atoms with Gasteiger partial charge in [-0.25, -0.2) is 4.79 Å². The maximum atomic E-state index is 11.4. The van der Waals surface area contributed by atoms with E-state index in [2.05, 4.69) is 22.6 Å². The van der Waals surface area contributed by atoms with E-state index >= 15 is 0 Å². The van der Waals surface area contributed by atoms with Crippen LogP contribution in [0.25, 0.3) is 0 Å². The van der Waals surface area contributed by atoms with Crippen LogP contribution in [0.4, 0.5) is 0 Å². The first-order valence-electron chi connectivity index (χ1n) is 3.91. The number of ether oxygens (including phenoxy) is 1. The number of aromatic hydroxyl groups is 1. The highest BCUT2D eigenvalue weighted by Gasteiger charge is 2.16. The number of carbonyl (C=O) groups is 1. The van der Waals surface area contributed by atoms with Gasteiger partial charge in [0.2, 0.25) is 0 Å². The molecule has 0 radical (unpaired) electrons. The van der Waals surface area contributed by atoms with Crippen LogP contribution in [-0.2, 0) is 4.74 Å².